The summed E-state index contributed by atoms with van der Waals surface area (Å²) in [6, 6.07) is 12.8. The van der Waals surface area contributed by atoms with Crippen LogP contribution in [0.25, 0.3) is 0 Å². The van der Waals surface area contributed by atoms with Crippen LogP contribution < -0.4 is 14.8 Å². The first-order valence-electron chi connectivity index (χ1n) is 5.69. The zero-order valence-corrected chi connectivity index (χ0v) is 12.0. The normalized spacial score (nSPS) is 12.3. The minimum atomic E-state index is -0.141. The molecule has 96 valence electrons. The van der Waals surface area contributed by atoms with Crippen LogP contribution >= 0.6 is 22.6 Å². The van der Waals surface area contributed by atoms with E-state index in [4.69, 9.17) is 9.47 Å². The maximum absolute atomic E-state index is 12.1. The fourth-order valence-electron chi connectivity index (χ4n) is 1.81. The van der Waals surface area contributed by atoms with Crippen LogP contribution in [0.2, 0.25) is 0 Å². The molecule has 2 aromatic rings. The molecule has 1 aliphatic heterocycles. The average molecular weight is 367 g/mol. The van der Waals surface area contributed by atoms with Crippen molar-refractivity contribution in [1.82, 2.24) is 0 Å². The molecule has 0 saturated carbocycles. The van der Waals surface area contributed by atoms with Crippen LogP contribution in [0.4, 0.5) is 5.69 Å². The van der Waals surface area contributed by atoms with Gasteiger partial charge >= 0.3 is 0 Å². The van der Waals surface area contributed by atoms with Gasteiger partial charge in [-0.2, -0.15) is 0 Å². The molecule has 1 N–H and O–H groups in total. The largest absolute Gasteiger partial charge is 0.454 e. The molecular weight excluding hydrogens is 357 g/mol. The fraction of sp³-hybridized carbons (Fsp3) is 0.0714. The third-order valence-electron chi connectivity index (χ3n) is 2.72. The van der Waals surface area contributed by atoms with Gasteiger partial charge in [0.2, 0.25) is 6.79 Å². The van der Waals surface area contributed by atoms with Gasteiger partial charge in [-0.05, 0) is 52.9 Å². The van der Waals surface area contributed by atoms with Gasteiger partial charge in [-0.15, -0.1) is 0 Å². The van der Waals surface area contributed by atoms with Crippen LogP contribution in [-0.4, -0.2) is 12.7 Å². The van der Waals surface area contributed by atoms with Gasteiger partial charge < -0.3 is 14.8 Å². The minimum absolute atomic E-state index is 0.141. The predicted molar refractivity (Wildman–Crippen MR) is 79.7 cm³/mol. The second-order valence-corrected chi connectivity index (χ2v) is 5.28. The molecule has 0 saturated heterocycles. The highest BCUT2D eigenvalue weighted by Crippen LogP contribution is 2.34. The van der Waals surface area contributed by atoms with E-state index in [1.807, 2.05) is 18.2 Å². The van der Waals surface area contributed by atoms with E-state index in [1.54, 1.807) is 24.3 Å². The van der Waals surface area contributed by atoms with Crippen molar-refractivity contribution in [3.8, 4) is 11.5 Å². The standard InChI is InChI=1S/C14H10INO3/c15-10-3-1-2-9(6-10)14(17)16-11-4-5-12-13(7-11)19-8-18-12/h1-7H,8H2,(H,16,17). The van der Waals surface area contributed by atoms with E-state index < -0.39 is 0 Å². The highest BCUT2D eigenvalue weighted by atomic mass is 127. The van der Waals surface area contributed by atoms with Gasteiger partial charge in [0.05, 0.1) is 0 Å². The quantitative estimate of drug-likeness (QED) is 0.829. The lowest BCUT2D eigenvalue weighted by Crippen LogP contribution is -2.11. The lowest BCUT2D eigenvalue weighted by Gasteiger charge is -2.06. The first-order valence-corrected chi connectivity index (χ1v) is 6.77. The molecule has 0 aliphatic carbocycles. The molecule has 3 rings (SSSR count). The Labute approximate surface area is 123 Å². The number of rotatable bonds is 2. The molecule has 1 aliphatic rings. The first kappa shape index (κ1) is 12.3. The van der Waals surface area contributed by atoms with Crippen molar-refractivity contribution in [3.05, 3.63) is 51.6 Å². The van der Waals surface area contributed by atoms with Crippen LogP contribution in [0.1, 0.15) is 10.4 Å². The number of carbonyl (C=O) groups is 1. The molecule has 2 aromatic carbocycles. The summed E-state index contributed by atoms with van der Waals surface area (Å²) < 4.78 is 11.5. The van der Waals surface area contributed by atoms with Crippen molar-refractivity contribution in [3.63, 3.8) is 0 Å². The molecule has 0 atom stereocenters. The Morgan fingerprint density at radius 1 is 1.11 bits per heavy atom. The maximum Gasteiger partial charge on any atom is 0.255 e. The molecule has 0 radical (unpaired) electrons. The van der Waals surface area contributed by atoms with Crippen molar-refractivity contribution in [2.75, 3.05) is 12.1 Å². The highest BCUT2D eigenvalue weighted by molar-refractivity contribution is 14.1. The smallest absolute Gasteiger partial charge is 0.255 e. The number of hydrogen-bond acceptors (Lipinski definition) is 3. The average Bonchev–Trinajstić information content (AvgIpc) is 2.86. The van der Waals surface area contributed by atoms with Crippen molar-refractivity contribution < 1.29 is 14.3 Å². The Balaban J connectivity index is 1.80. The number of ether oxygens (including phenoxy) is 2. The predicted octanol–water partition coefficient (Wildman–Crippen LogP) is 3.27. The summed E-state index contributed by atoms with van der Waals surface area (Å²) in [5.41, 5.74) is 1.32. The Morgan fingerprint density at radius 2 is 1.95 bits per heavy atom. The number of anilines is 1. The van der Waals surface area contributed by atoms with E-state index in [9.17, 15) is 4.79 Å². The van der Waals surface area contributed by atoms with Crippen molar-refractivity contribution in [2.24, 2.45) is 0 Å². The Kier molecular flexibility index (Phi) is 3.29. The lowest BCUT2D eigenvalue weighted by atomic mass is 10.2. The van der Waals surface area contributed by atoms with Crippen molar-refractivity contribution in [1.29, 1.82) is 0 Å². The second kappa shape index (κ2) is 5.08. The van der Waals surface area contributed by atoms with Gasteiger partial charge in [-0.25, -0.2) is 0 Å². The summed E-state index contributed by atoms with van der Waals surface area (Å²) in [4.78, 5) is 12.1. The summed E-state index contributed by atoms with van der Waals surface area (Å²) >= 11 is 2.18. The van der Waals surface area contributed by atoms with E-state index in [1.165, 1.54) is 0 Å². The highest BCUT2D eigenvalue weighted by Gasteiger charge is 2.14. The monoisotopic (exact) mass is 367 g/mol. The SMILES string of the molecule is O=C(Nc1ccc2c(c1)OCO2)c1cccc(I)c1. The third kappa shape index (κ3) is 2.65. The fourth-order valence-corrected chi connectivity index (χ4v) is 2.35. The summed E-state index contributed by atoms with van der Waals surface area (Å²) in [5, 5.41) is 2.84. The molecule has 19 heavy (non-hydrogen) atoms. The summed E-state index contributed by atoms with van der Waals surface area (Å²) in [5.74, 6) is 1.21. The van der Waals surface area contributed by atoms with Gasteiger partial charge in [-0.1, -0.05) is 6.07 Å². The zero-order chi connectivity index (χ0) is 13.2. The number of halogens is 1. The van der Waals surface area contributed by atoms with E-state index >= 15 is 0 Å². The second-order valence-electron chi connectivity index (χ2n) is 4.03. The molecule has 5 heteroatoms. The topological polar surface area (TPSA) is 47.6 Å². The van der Waals surface area contributed by atoms with Crippen molar-refractivity contribution >= 4 is 34.2 Å². The van der Waals surface area contributed by atoms with Gasteiger partial charge in [0, 0.05) is 20.9 Å². The molecule has 0 spiro atoms. The Hall–Kier alpha value is -1.76. The Morgan fingerprint density at radius 3 is 2.79 bits per heavy atom. The summed E-state index contributed by atoms with van der Waals surface area (Å²) in [7, 11) is 0. The summed E-state index contributed by atoms with van der Waals surface area (Å²) in [6.07, 6.45) is 0. The third-order valence-corrected chi connectivity index (χ3v) is 3.39. The van der Waals surface area contributed by atoms with E-state index in [0.29, 0.717) is 22.7 Å². The summed E-state index contributed by atoms with van der Waals surface area (Å²) in [6.45, 7) is 0.226. The van der Waals surface area contributed by atoms with Crippen LogP contribution in [0.5, 0.6) is 11.5 Å². The van der Waals surface area contributed by atoms with Crippen LogP contribution in [0, 0.1) is 3.57 Å². The van der Waals surface area contributed by atoms with Crippen LogP contribution in [-0.2, 0) is 0 Å². The number of fused-ring (bicyclic) bond motifs is 1. The number of benzene rings is 2. The molecule has 0 unspecified atom stereocenters. The van der Waals surface area contributed by atoms with E-state index in [0.717, 1.165) is 3.57 Å². The zero-order valence-electron chi connectivity index (χ0n) is 9.85. The molecular formula is C14H10INO3. The lowest BCUT2D eigenvalue weighted by molar-refractivity contribution is 0.102. The molecule has 4 nitrogen and oxygen atoms in total. The molecule has 1 heterocycles. The number of carbonyl (C=O) groups excluding carboxylic acids is 1. The van der Waals surface area contributed by atoms with Gasteiger partial charge in [0.1, 0.15) is 0 Å². The Bertz CT molecular complexity index is 642. The number of amides is 1. The van der Waals surface area contributed by atoms with Gasteiger partial charge in [0.15, 0.2) is 11.5 Å². The molecule has 0 aromatic heterocycles. The number of nitrogens with one attached hydrogen (secondary N) is 1. The molecule has 0 bridgehead atoms. The van der Waals surface area contributed by atoms with Crippen LogP contribution in [0.15, 0.2) is 42.5 Å². The number of hydrogen-bond donors (Lipinski definition) is 1. The van der Waals surface area contributed by atoms with Crippen molar-refractivity contribution in [2.45, 2.75) is 0 Å². The van der Waals surface area contributed by atoms with Crippen LogP contribution in [0.3, 0.4) is 0 Å². The van der Waals surface area contributed by atoms with Gasteiger partial charge in [-0.3, -0.25) is 4.79 Å². The molecule has 1 amide bonds. The van der Waals surface area contributed by atoms with E-state index in [2.05, 4.69) is 27.9 Å². The van der Waals surface area contributed by atoms with E-state index in [-0.39, 0.29) is 12.7 Å². The minimum Gasteiger partial charge on any atom is -0.454 e. The van der Waals surface area contributed by atoms with Gasteiger partial charge in [0.25, 0.3) is 5.91 Å². The maximum atomic E-state index is 12.1. The first-order chi connectivity index (χ1) is 9.22. The molecule has 0 fully saturated rings.